The van der Waals surface area contributed by atoms with Crippen molar-refractivity contribution in [1.82, 2.24) is 24.5 Å². The minimum atomic E-state index is -0.150. The molecule has 0 radical (unpaired) electrons. The fourth-order valence-electron chi connectivity index (χ4n) is 4.94. The SMILES string of the molecule is COC(=O)CCCN1CCN(CC2CN(CCN3CCN(C4CC4)CC3)C(=O)O2)CC1. The number of hydrogen-bond acceptors (Lipinski definition) is 8. The first-order chi connectivity index (χ1) is 15.1. The molecule has 4 fully saturated rings. The zero-order chi connectivity index (χ0) is 21.6. The second kappa shape index (κ2) is 10.9. The molecule has 3 heterocycles. The lowest BCUT2D eigenvalue weighted by molar-refractivity contribution is -0.140. The predicted molar refractivity (Wildman–Crippen MR) is 117 cm³/mol. The van der Waals surface area contributed by atoms with Crippen LogP contribution in [0.1, 0.15) is 25.7 Å². The van der Waals surface area contributed by atoms with Crippen LogP contribution in [-0.4, -0.2) is 141 Å². The van der Waals surface area contributed by atoms with Crippen LogP contribution in [0.5, 0.6) is 0 Å². The van der Waals surface area contributed by atoms with E-state index in [2.05, 4.69) is 19.6 Å². The minimum absolute atomic E-state index is 0.0231. The smallest absolute Gasteiger partial charge is 0.410 e. The molecule has 1 aliphatic carbocycles. The zero-order valence-corrected chi connectivity index (χ0v) is 19.0. The molecule has 3 saturated heterocycles. The van der Waals surface area contributed by atoms with Gasteiger partial charge < -0.3 is 19.3 Å². The molecule has 1 saturated carbocycles. The maximum absolute atomic E-state index is 12.3. The quantitative estimate of drug-likeness (QED) is 0.448. The van der Waals surface area contributed by atoms with Crippen molar-refractivity contribution in [1.29, 1.82) is 0 Å². The van der Waals surface area contributed by atoms with E-state index < -0.39 is 0 Å². The number of cyclic esters (lactones) is 1. The van der Waals surface area contributed by atoms with Gasteiger partial charge in [-0.2, -0.15) is 0 Å². The van der Waals surface area contributed by atoms with Crippen LogP contribution >= 0.6 is 0 Å². The number of nitrogens with zero attached hydrogens (tertiary/aromatic N) is 5. The Hall–Kier alpha value is -1.42. The summed E-state index contributed by atoms with van der Waals surface area (Å²) in [5.74, 6) is -0.133. The molecule has 176 valence electrons. The van der Waals surface area contributed by atoms with Crippen LogP contribution in [0.15, 0.2) is 0 Å². The molecule has 4 aliphatic rings. The van der Waals surface area contributed by atoms with Gasteiger partial charge in [0.2, 0.25) is 0 Å². The lowest BCUT2D eigenvalue weighted by Gasteiger charge is -2.35. The van der Waals surface area contributed by atoms with Gasteiger partial charge in [0.05, 0.1) is 13.7 Å². The first-order valence-corrected chi connectivity index (χ1v) is 12.0. The highest BCUT2D eigenvalue weighted by molar-refractivity contribution is 5.70. The van der Waals surface area contributed by atoms with E-state index in [9.17, 15) is 9.59 Å². The van der Waals surface area contributed by atoms with E-state index in [1.54, 1.807) is 0 Å². The molecule has 0 aromatic carbocycles. The maximum Gasteiger partial charge on any atom is 0.410 e. The average molecular weight is 438 g/mol. The highest BCUT2D eigenvalue weighted by atomic mass is 16.6. The molecule has 0 aromatic heterocycles. The number of rotatable bonds is 10. The molecule has 3 aliphatic heterocycles. The van der Waals surface area contributed by atoms with Crippen molar-refractivity contribution in [3.8, 4) is 0 Å². The summed E-state index contributed by atoms with van der Waals surface area (Å²) < 4.78 is 10.4. The summed E-state index contributed by atoms with van der Waals surface area (Å²) in [6, 6.07) is 0.859. The lowest BCUT2D eigenvalue weighted by Crippen LogP contribution is -2.49. The minimum Gasteiger partial charge on any atom is -0.469 e. The third kappa shape index (κ3) is 6.78. The summed E-state index contributed by atoms with van der Waals surface area (Å²) in [5, 5.41) is 0. The van der Waals surface area contributed by atoms with Crippen molar-refractivity contribution >= 4 is 12.1 Å². The third-order valence-corrected chi connectivity index (χ3v) is 7.12. The van der Waals surface area contributed by atoms with Crippen molar-refractivity contribution in [2.75, 3.05) is 92.2 Å². The van der Waals surface area contributed by atoms with E-state index in [-0.39, 0.29) is 18.2 Å². The van der Waals surface area contributed by atoms with Crippen LogP contribution in [-0.2, 0) is 14.3 Å². The highest BCUT2D eigenvalue weighted by Gasteiger charge is 2.34. The molecule has 0 spiro atoms. The Balaban J connectivity index is 1.08. The van der Waals surface area contributed by atoms with Gasteiger partial charge in [0, 0.05) is 84.5 Å². The van der Waals surface area contributed by atoms with E-state index in [1.807, 2.05) is 4.90 Å². The van der Waals surface area contributed by atoms with Crippen LogP contribution < -0.4 is 0 Å². The van der Waals surface area contributed by atoms with Gasteiger partial charge in [-0.1, -0.05) is 0 Å². The van der Waals surface area contributed by atoms with Gasteiger partial charge in [0.1, 0.15) is 6.10 Å². The number of esters is 1. The Morgan fingerprint density at radius 1 is 0.935 bits per heavy atom. The normalized spacial score (nSPS) is 26.9. The molecular weight excluding hydrogens is 398 g/mol. The number of ether oxygens (including phenoxy) is 2. The molecule has 1 amide bonds. The van der Waals surface area contributed by atoms with Gasteiger partial charge in [-0.15, -0.1) is 0 Å². The summed E-state index contributed by atoms with van der Waals surface area (Å²) >= 11 is 0. The largest absolute Gasteiger partial charge is 0.469 e. The van der Waals surface area contributed by atoms with Gasteiger partial charge in [-0.25, -0.2) is 4.79 Å². The molecule has 4 rings (SSSR count). The molecule has 0 N–H and O–H groups in total. The number of carbonyl (C=O) groups is 2. The molecular formula is C22H39N5O4. The van der Waals surface area contributed by atoms with Crippen LogP contribution in [0.4, 0.5) is 4.79 Å². The van der Waals surface area contributed by atoms with Gasteiger partial charge in [0.15, 0.2) is 0 Å². The maximum atomic E-state index is 12.3. The van der Waals surface area contributed by atoms with E-state index in [4.69, 9.17) is 9.47 Å². The fraction of sp³-hybridized carbons (Fsp3) is 0.909. The second-order valence-corrected chi connectivity index (χ2v) is 9.38. The Bertz CT molecular complexity index is 601. The Kier molecular flexibility index (Phi) is 8.03. The standard InChI is InChI=1S/C22H39N5O4/c1-30-21(28)3-2-6-23-7-9-25(10-8-23)17-20-18-27(22(29)31-20)16-13-24-11-14-26(15-12-24)19-4-5-19/h19-20H,2-18H2,1H3. The number of methoxy groups -OCH3 is 1. The predicted octanol–water partition coefficient (Wildman–Crippen LogP) is 0.158. The summed E-state index contributed by atoms with van der Waals surface area (Å²) in [6.45, 7) is 12.7. The first kappa shape index (κ1) is 22.8. The first-order valence-electron chi connectivity index (χ1n) is 12.0. The molecule has 31 heavy (non-hydrogen) atoms. The van der Waals surface area contributed by atoms with E-state index in [0.717, 1.165) is 77.9 Å². The summed E-state index contributed by atoms with van der Waals surface area (Å²) in [7, 11) is 1.44. The lowest BCUT2D eigenvalue weighted by atomic mass is 10.2. The molecule has 9 nitrogen and oxygen atoms in total. The second-order valence-electron chi connectivity index (χ2n) is 9.38. The highest BCUT2D eigenvalue weighted by Crippen LogP contribution is 2.27. The van der Waals surface area contributed by atoms with Crippen LogP contribution in [0, 0.1) is 0 Å². The summed E-state index contributed by atoms with van der Waals surface area (Å²) in [5.41, 5.74) is 0. The van der Waals surface area contributed by atoms with Crippen molar-refractivity contribution in [2.45, 2.75) is 37.8 Å². The van der Waals surface area contributed by atoms with E-state index in [0.29, 0.717) is 13.0 Å². The molecule has 1 atom stereocenters. The van der Waals surface area contributed by atoms with Gasteiger partial charge in [-0.05, 0) is 25.8 Å². The Morgan fingerprint density at radius 3 is 2.26 bits per heavy atom. The topological polar surface area (TPSA) is 68.8 Å². The van der Waals surface area contributed by atoms with Gasteiger partial charge in [0.25, 0.3) is 0 Å². The monoisotopic (exact) mass is 437 g/mol. The molecule has 1 unspecified atom stereocenters. The number of amides is 1. The summed E-state index contributed by atoms with van der Waals surface area (Å²) in [4.78, 5) is 35.3. The summed E-state index contributed by atoms with van der Waals surface area (Å²) in [6.07, 6.45) is 3.92. The third-order valence-electron chi connectivity index (χ3n) is 7.12. The Labute approximate surface area is 186 Å². The van der Waals surface area contributed by atoms with Gasteiger partial charge in [-0.3, -0.25) is 19.5 Å². The number of carbonyl (C=O) groups excluding carboxylic acids is 2. The van der Waals surface area contributed by atoms with Crippen LogP contribution in [0.2, 0.25) is 0 Å². The van der Waals surface area contributed by atoms with E-state index >= 15 is 0 Å². The van der Waals surface area contributed by atoms with Crippen molar-refractivity contribution in [2.24, 2.45) is 0 Å². The molecule has 0 bridgehead atoms. The van der Waals surface area contributed by atoms with E-state index in [1.165, 1.54) is 33.0 Å². The van der Waals surface area contributed by atoms with Crippen molar-refractivity contribution < 1.29 is 19.1 Å². The van der Waals surface area contributed by atoms with Crippen LogP contribution in [0.25, 0.3) is 0 Å². The van der Waals surface area contributed by atoms with Crippen molar-refractivity contribution in [3.63, 3.8) is 0 Å². The molecule has 9 heteroatoms. The fourth-order valence-corrected chi connectivity index (χ4v) is 4.94. The Morgan fingerprint density at radius 2 is 1.58 bits per heavy atom. The van der Waals surface area contributed by atoms with Crippen LogP contribution in [0.3, 0.4) is 0 Å². The molecule has 0 aromatic rings. The number of piperazine rings is 2. The average Bonchev–Trinajstić information content (AvgIpc) is 3.57. The zero-order valence-electron chi connectivity index (χ0n) is 19.0. The van der Waals surface area contributed by atoms with Crippen molar-refractivity contribution in [3.05, 3.63) is 0 Å². The number of hydrogen-bond donors (Lipinski definition) is 0. The van der Waals surface area contributed by atoms with Gasteiger partial charge >= 0.3 is 12.1 Å².